The van der Waals surface area contributed by atoms with Gasteiger partial charge in [-0.3, -0.25) is 5.43 Å². The maximum Gasteiger partial charge on any atom is 0.333 e. The summed E-state index contributed by atoms with van der Waals surface area (Å²) in [5.41, 5.74) is 7.77. The van der Waals surface area contributed by atoms with Gasteiger partial charge in [-0.15, -0.1) is 0 Å². The van der Waals surface area contributed by atoms with Crippen LogP contribution in [0.2, 0.25) is 0 Å². The Kier molecular flexibility index (Phi) is 6.09. The average Bonchev–Trinajstić information content (AvgIpc) is 2.69. The fourth-order valence-corrected chi connectivity index (χ4v) is 3.10. The predicted octanol–water partition coefficient (Wildman–Crippen LogP) is 4.39. The van der Waals surface area contributed by atoms with Gasteiger partial charge >= 0.3 is 6.03 Å². The van der Waals surface area contributed by atoms with Crippen molar-refractivity contribution in [2.75, 3.05) is 5.32 Å². The third-order valence-electron chi connectivity index (χ3n) is 4.67. The van der Waals surface area contributed by atoms with Crippen LogP contribution in [-0.2, 0) is 6.61 Å². The zero-order valence-corrected chi connectivity index (χ0v) is 16.5. The minimum Gasteiger partial charge on any atom is -0.489 e. The Balaban J connectivity index is 1.85. The van der Waals surface area contributed by atoms with E-state index in [1.807, 2.05) is 45.0 Å². The van der Waals surface area contributed by atoms with Crippen molar-refractivity contribution in [3.05, 3.63) is 76.7 Å². The maximum atomic E-state index is 13.5. The van der Waals surface area contributed by atoms with Crippen LogP contribution in [0.15, 0.2) is 48.5 Å². The molecular weight excluding hydrogens is 371 g/mol. The van der Waals surface area contributed by atoms with Gasteiger partial charge < -0.3 is 10.1 Å². The molecule has 0 unspecified atom stereocenters. The molecule has 4 N–H and O–H groups in total. The molecule has 0 spiro atoms. The van der Waals surface area contributed by atoms with Gasteiger partial charge in [-0.1, -0.05) is 18.2 Å². The summed E-state index contributed by atoms with van der Waals surface area (Å²) in [6, 6.07) is 13.7. The van der Waals surface area contributed by atoms with Gasteiger partial charge in [0.1, 0.15) is 12.4 Å². The van der Waals surface area contributed by atoms with E-state index < -0.39 is 12.0 Å². The monoisotopic (exact) mass is 394 g/mol. The number of urea groups is 1. The van der Waals surface area contributed by atoms with Gasteiger partial charge in [-0.25, -0.2) is 15.6 Å². The van der Waals surface area contributed by atoms with Crippen LogP contribution >= 0.6 is 0 Å². The van der Waals surface area contributed by atoms with Gasteiger partial charge in [0.05, 0.1) is 5.69 Å². The fourth-order valence-electron chi connectivity index (χ4n) is 3.10. The van der Waals surface area contributed by atoms with Crippen LogP contribution in [0.4, 0.5) is 14.9 Å². The molecule has 0 aliphatic heterocycles. The number of nitrogens with one attached hydrogen (secondary N) is 2. The Morgan fingerprint density at radius 1 is 1.07 bits per heavy atom. The fraction of sp³-hybridized carbons (Fsp3) is 0.182. The minimum atomic E-state index is -0.513. The number of aryl methyl sites for hydroxylation is 3. The van der Waals surface area contributed by atoms with Crippen LogP contribution in [0.1, 0.15) is 22.3 Å². The summed E-state index contributed by atoms with van der Waals surface area (Å²) in [5.74, 6) is 5.35. The molecule has 3 aromatic rings. The molecular formula is C22H23FN4O2. The smallest absolute Gasteiger partial charge is 0.333 e. The summed E-state index contributed by atoms with van der Waals surface area (Å²) in [7, 11) is 0. The van der Waals surface area contributed by atoms with Crippen LogP contribution < -0.4 is 21.3 Å². The molecule has 6 nitrogen and oxygen atoms in total. The lowest BCUT2D eigenvalue weighted by atomic mass is 10.0. The molecule has 0 saturated carbocycles. The number of carbonyl (C=O) groups excluding carboxylic acids is 1. The molecule has 150 valence electrons. The number of hydrogen-bond donors (Lipinski definition) is 3. The Morgan fingerprint density at radius 2 is 1.83 bits per heavy atom. The molecule has 0 aliphatic rings. The maximum absolute atomic E-state index is 13.5. The van der Waals surface area contributed by atoms with Crippen molar-refractivity contribution >= 4 is 11.7 Å². The Morgan fingerprint density at radius 3 is 2.55 bits per heavy atom. The minimum absolute atomic E-state index is 0.269. The first-order valence-corrected chi connectivity index (χ1v) is 9.12. The number of halogens is 1. The molecule has 0 atom stereocenters. The van der Waals surface area contributed by atoms with E-state index in [2.05, 4.69) is 15.7 Å². The number of nitrogens with two attached hydrogens (primary N) is 1. The van der Waals surface area contributed by atoms with Crippen molar-refractivity contribution < 1.29 is 13.9 Å². The van der Waals surface area contributed by atoms with E-state index >= 15 is 0 Å². The first kappa shape index (κ1) is 20.3. The highest BCUT2D eigenvalue weighted by Crippen LogP contribution is 2.30. The van der Waals surface area contributed by atoms with E-state index in [0.717, 1.165) is 27.8 Å². The van der Waals surface area contributed by atoms with Gasteiger partial charge in [0.15, 0.2) is 0 Å². The number of benzene rings is 2. The van der Waals surface area contributed by atoms with Crippen molar-refractivity contribution in [1.82, 2.24) is 10.4 Å². The molecule has 0 saturated heterocycles. The number of pyridine rings is 1. The molecule has 29 heavy (non-hydrogen) atoms. The van der Waals surface area contributed by atoms with Crippen molar-refractivity contribution in [3.63, 3.8) is 0 Å². The van der Waals surface area contributed by atoms with Crippen molar-refractivity contribution in [3.8, 4) is 17.0 Å². The lowest BCUT2D eigenvalue weighted by Crippen LogP contribution is -2.34. The SMILES string of the molecule is Cc1cc(-c2cccc(F)n2)c(C)cc1OCc1c(C)cccc1NC(=O)NN. The van der Waals surface area contributed by atoms with Crippen LogP contribution in [0.25, 0.3) is 11.3 Å². The van der Waals surface area contributed by atoms with E-state index in [1.165, 1.54) is 6.07 Å². The number of ether oxygens (including phenoxy) is 1. The number of hydrogen-bond acceptors (Lipinski definition) is 4. The van der Waals surface area contributed by atoms with E-state index in [1.54, 1.807) is 18.2 Å². The highest BCUT2D eigenvalue weighted by molar-refractivity contribution is 5.89. The van der Waals surface area contributed by atoms with Crippen molar-refractivity contribution in [1.29, 1.82) is 0 Å². The molecule has 1 heterocycles. The summed E-state index contributed by atoms with van der Waals surface area (Å²) >= 11 is 0. The van der Waals surface area contributed by atoms with Crippen LogP contribution in [0, 0.1) is 26.7 Å². The first-order valence-electron chi connectivity index (χ1n) is 9.12. The highest BCUT2D eigenvalue weighted by atomic mass is 19.1. The van der Waals surface area contributed by atoms with Crippen molar-refractivity contribution in [2.45, 2.75) is 27.4 Å². The second-order valence-electron chi connectivity index (χ2n) is 6.77. The van der Waals surface area contributed by atoms with Gasteiger partial charge in [0.2, 0.25) is 5.95 Å². The number of amides is 2. The molecule has 2 aromatic carbocycles. The van der Waals surface area contributed by atoms with E-state index in [4.69, 9.17) is 10.6 Å². The molecule has 7 heteroatoms. The van der Waals surface area contributed by atoms with Crippen molar-refractivity contribution in [2.24, 2.45) is 5.84 Å². The van der Waals surface area contributed by atoms with Gasteiger partial charge in [0, 0.05) is 16.8 Å². The number of nitrogens with zero attached hydrogens (tertiary/aromatic N) is 1. The van der Waals surface area contributed by atoms with E-state index in [0.29, 0.717) is 17.1 Å². The second kappa shape index (κ2) is 8.70. The number of anilines is 1. The quantitative estimate of drug-likeness (QED) is 0.259. The summed E-state index contributed by atoms with van der Waals surface area (Å²) in [6.07, 6.45) is 0. The first-order chi connectivity index (χ1) is 13.9. The molecule has 0 radical (unpaired) electrons. The molecule has 0 bridgehead atoms. The summed E-state index contributed by atoms with van der Waals surface area (Å²) in [6.45, 7) is 6.07. The van der Waals surface area contributed by atoms with Gasteiger partial charge in [-0.05, 0) is 67.8 Å². The number of carbonyl (C=O) groups is 1. The molecule has 0 fully saturated rings. The zero-order chi connectivity index (χ0) is 21.0. The molecule has 1 aromatic heterocycles. The van der Waals surface area contributed by atoms with Crippen LogP contribution in [0.5, 0.6) is 5.75 Å². The third kappa shape index (κ3) is 4.70. The lowest BCUT2D eigenvalue weighted by molar-refractivity contribution is 0.252. The summed E-state index contributed by atoms with van der Waals surface area (Å²) in [4.78, 5) is 15.6. The third-order valence-corrected chi connectivity index (χ3v) is 4.67. The number of aromatic nitrogens is 1. The number of hydrazine groups is 1. The molecule has 2 amide bonds. The predicted molar refractivity (Wildman–Crippen MR) is 111 cm³/mol. The molecule has 0 aliphatic carbocycles. The highest BCUT2D eigenvalue weighted by Gasteiger charge is 2.12. The second-order valence-corrected chi connectivity index (χ2v) is 6.77. The van der Waals surface area contributed by atoms with Gasteiger partial charge in [0.25, 0.3) is 0 Å². The molecule has 3 rings (SSSR count). The van der Waals surface area contributed by atoms with E-state index in [9.17, 15) is 9.18 Å². The van der Waals surface area contributed by atoms with E-state index in [-0.39, 0.29) is 6.61 Å². The standard InChI is InChI=1S/C22H23FN4O2/c1-13-6-4-7-19(26-22(28)27-24)17(13)12-29-20-11-14(2)16(10-15(20)3)18-8-5-9-21(23)25-18/h4-11H,12,24H2,1-3H3,(H2,26,27,28). The summed E-state index contributed by atoms with van der Waals surface area (Å²) < 4.78 is 19.5. The zero-order valence-electron chi connectivity index (χ0n) is 16.5. The average molecular weight is 394 g/mol. The van der Waals surface area contributed by atoms with Crippen LogP contribution in [-0.4, -0.2) is 11.0 Å². The Hall–Kier alpha value is -3.45. The number of rotatable bonds is 5. The lowest BCUT2D eigenvalue weighted by Gasteiger charge is -2.17. The van der Waals surface area contributed by atoms with Crippen LogP contribution in [0.3, 0.4) is 0 Å². The Bertz CT molecular complexity index is 1050. The van der Waals surface area contributed by atoms with Gasteiger partial charge in [-0.2, -0.15) is 4.39 Å². The summed E-state index contributed by atoms with van der Waals surface area (Å²) in [5, 5.41) is 2.70. The topological polar surface area (TPSA) is 89.3 Å². The Labute approximate surface area is 168 Å². The largest absolute Gasteiger partial charge is 0.489 e. The normalized spacial score (nSPS) is 10.5.